The monoisotopic (exact) mass is 248 g/mol. The highest BCUT2D eigenvalue weighted by Crippen LogP contribution is 2.40. The Kier molecular flexibility index (Phi) is 3.41. The largest absolute Gasteiger partial charge is 0.485 e. The Morgan fingerprint density at radius 2 is 1.67 bits per heavy atom. The Morgan fingerprint density at radius 3 is 2.28 bits per heavy atom. The van der Waals surface area contributed by atoms with Crippen molar-refractivity contribution in [3.05, 3.63) is 27.8 Å². The smallest absolute Gasteiger partial charge is 0.130 e. The lowest BCUT2D eigenvalue weighted by Crippen LogP contribution is -2.41. The van der Waals surface area contributed by atoms with Crippen LogP contribution in [0.2, 0.25) is 0 Å². The fraction of sp³-hybridized carbons (Fsp3) is 0.625. The van der Waals surface area contributed by atoms with Gasteiger partial charge in [0.2, 0.25) is 0 Å². The van der Waals surface area contributed by atoms with E-state index < -0.39 is 0 Å². The van der Waals surface area contributed by atoms with Crippen LogP contribution in [0.4, 0.5) is 0 Å². The van der Waals surface area contributed by atoms with E-state index in [0.717, 1.165) is 18.6 Å². The zero-order valence-electron chi connectivity index (χ0n) is 12.4. The van der Waals surface area contributed by atoms with Crippen molar-refractivity contribution in [3.63, 3.8) is 0 Å². The van der Waals surface area contributed by atoms with Crippen LogP contribution in [0.15, 0.2) is 0 Å². The van der Waals surface area contributed by atoms with E-state index in [1.807, 2.05) is 0 Å². The SMILES string of the molecule is COCC1(C)CCc2c(C)c(C)c(C)c(C)c2O1. The third-order valence-electron chi connectivity index (χ3n) is 4.46. The first-order valence-electron chi connectivity index (χ1n) is 6.67. The first-order valence-corrected chi connectivity index (χ1v) is 6.67. The summed E-state index contributed by atoms with van der Waals surface area (Å²) in [5.74, 6) is 1.10. The van der Waals surface area contributed by atoms with Crippen molar-refractivity contribution in [1.29, 1.82) is 0 Å². The molecule has 1 aliphatic heterocycles. The number of rotatable bonds is 2. The van der Waals surface area contributed by atoms with Crippen molar-refractivity contribution >= 4 is 0 Å². The molecule has 0 radical (unpaired) electrons. The van der Waals surface area contributed by atoms with Gasteiger partial charge in [0.15, 0.2) is 0 Å². The van der Waals surface area contributed by atoms with E-state index in [9.17, 15) is 0 Å². The zero-order valence-corrected chi connectivity index (χ0v) is 12.4. The van der Waals surface area contributed by atoms with Gasteiger partial charge in [0.1, 0.15) is 11.4 Å². The average Bonchev–Trinajstić information content (AvgIpc) is 2.34. The highest BCUT2D eigenvalue weighted by molar-refractivity contribution is 5.55. The molecule has 2 rings (SSSR count). The second-order valence-corrected chi connectivity index (χ2v) is 5.79. The number of ether oxygens (including phenoxy) is 2. The topological polar surface area (TPSA) is 18.5 Å². The fourth-order valence-corrected chi connectivity index (χ4v) is 2.89. The maximum atomic E-state index is 6.28. The molecule has 2 heteroatoms. The average molecular weight is 248 g/mol. The molecule has 1 aromatic rings. The van der Waals surface area contributed by atoms with Gasteiger partial charge in [-0.2, -0.15) is 0 Å². The molecular formula is C16H24O2. The lowest BCUT2D eigenvalue weighted by atomic mass is 9.85. The Morgan fingerprint density at radius 1 is 1.06 bits per heavy atom. The lowest BCUT2D eigenvalue weighted by Gasteiger charge is -2.37. The van der Waals surface area contributed by atoms with Gasteiger partial charge in [-0.1, -0.05) is 0 Å². The van der Waals surface area contributed by atoms with Gasteiger partial charge in [0.05, 0.1) is 6.61 Å². The molecule has 0 saturated carbocycles. The van der Waals surface area contributed by atoms with E-state index in [4.69, 9.17) is 9.47 Å². The van der Waals surface area contributed by atoms with Gasteiger partial charge < -0.3 is 9.47 Å². The summed E-state index contributed by atoms with van der Waals surface area (Å²) in [4.78, 5) is 0. The minimum atomic E-state index is -0.180. The summed E-state index contributed by atoms with van der Waals surface area (Å²) in [5.41, 5.74) is 6.66. The highest BCUT2D eigenvalue weighted by atomic mass is 16.5. The molecule has 100 valence electrons. The molecule has 0 bridgehead atoms. The van der Waals surface area contributed by atoms with E-state index in [2.05, 4.69) is 34.6 Å². The fourth-order valence-electron chi connectivity index (χ4n) is 2.89. The van der Waals surface area contributed by atoms with E-state index in [1.165, 1.54) is 27.8 Å². The Hall–Kier alpha value is -1.02. The first kappa shape index (κ1) is 13.4. The third-order valence-corrected chi connectivity index (χ3v) is 4.46. The summed E-state index contributed by atoms with van der Waals surface area (Å²) in [6.45, 7) is 11.6. The van der Waals surface area contributed by atoms with Gasteiger partial charge in [-0.25, -0.2) is 0 Å². The maximum Gasteiger partial charge on any atom is 0.130 e. The molecule has 0 spiro atoms. The standard InChI is InChI=1S/C16H24O2/c1-10-11(2)13(4)15-14(12(10)3)7-8-16(5,18-15)9-17-6/h7-9H2,1-6H3. The Labute approximate surface area is 110 Å². The van der Waals surface area contributed by atoms with Crippen LogP contribution in [0, 0.1) is 27.7 Å². The zero-order chi connectivity index (χ0) is 13.5. The summed E-state index contributed by atoms with van der Waals surface area (Å²) < 4.78 is 11.6. The third kappa shape index (κ3) is 2.03. The summed E-state index contributed by atoms with van der Waals surface area (Å²) in [6.07, 6.45) is 2.11. The maximum absolute atomic E-state index is 6.28. The molecule has 0 N–H and O–H groups in total. The van der Waals surface area contributed by atoms with Crippen LogP contribution in [0.25, 0.3) is 0 Å². The van der Waals surface area contributed by atoms with Crippen molar-refractivity contribution in [2.75, 3.05) is 13.7 Å². The summed E-state index contributed by atoms with van der Waals surface area (Å²) >= 11 is 0. The van der Waals surface area contributed by atoms with Gasteiger partial charge in [0.25, 0.3) is 0 Å². The molecule has 1 heterocycles. The summed E-state index contributed by atoms with van der Waals surface area (Å²) in [5, 5.41) is 0. The molecule has 1 atom stereocenters. The summed E-state index contributed by atoms with van der Waals surface area (Å²) in [7, 11) is 1.74. The van der Waals surface area contributed by atoms with Gasteiger partial charge in [-0.3, -0.25) is 0 Å². The van der Waals surface area contributed by atoms with Gasteiger partial charge in [0, 0.05) is 7.11 Å². The lowest BCUT2D eigenvalue weighted by molar-refractivity contribution is -0.0111. The predicted octanol–water partition coefficient (Wildman–Crippen LogP) is 3.65. The molecule has 2 nitrogen and oxygen atoms in total. The first-order chi connectivity index (χ1) is 8.39. The van der Waals surface area contributed by atoms with Crippen molar-refractivity contribution in [2.24, 2.45) is 0 Å². The molecule has 1 aromatic carbocycles. The molecular weight excluding hydrogens is 224 g/mol. The van der Waals surface area contributed by atoms with Crippen molar-refractivity contribution in [1.82, 2.24) is 0 Å². The molecule has 0 saturated heterocycles. The number of fused-ring (bicyclic) bond motifs is 1. The number of hydrogen-bond donors (Lipinski definition) is 0. The second-order valence-electron chi connectivity index (χ2n) is 5.79. The molecule has 0 fully saturated rings. The number of benzene rings is 1. The molecule has 0 aliphatic carbocycles. The minimum Gasteiger partial charge on any atom is -0.485 e. The molecule has 18 heavy (non-hydrogen) atoms. The van der Waals surface area contributed by atoms with Gasteiger partial charge in [-0.05, 0) is 75.3 Å². The molecule has 1 unspecified atom stereocenters. The van der Waals surface area contributed by atoms with E-state index in [1.54, 1.807) is 7.11 Å². The van der Waals surface area contributed by atoms with Crippen LogP contribution in [-0.2, 0) is 11.2 Å². The Bertz CT molecular complexity index is 477. The van der Waals surface area contributed by atoms with Crippen molar-refractivity contribution in [3.8, 4) is 5.75 Å². The number of methoxy groups -OCH3 is 1. The van der Waals surface area contributed by atoms with Crippen LogP contribution in [-0.4, -0.2) is 19.3 Å². The van der Waals surface area contributed by atoms with Crippen LogP contribution < -0.4 is 4.74 Å². The van der Waals surface area contributed by atoms with E-state index in [-0.39, 0.29) is 5.60 Å². The van der Waals surface area contributed by atoms with Crippen LogP contribution in [0.3, 0.4) is 0 Å². The minimum absolute atomic E-state index is 0.180. The van der Waals surface area contributed by atoms with E-state index >= 15 is 0 Å². The van der Waals surface area contributed by atoms with Crippen LogP contribution in [0.5, 0.6) is 5.75 Å². The van der Waals surface area contributed by atoms with Crippen molar-refractivity contribution < 1.29 is 9.47 Å². The van der Waals surface area contributed by atoms with E-state index in [0.29, 0.717) is 6.61 Å². The Balaban J connectivity index is 2.50. The molecule has 0 aromatic heterocycles. The predicted molar refractivity (Wildman–Crippen MR) is 74.6 cm³/mol. The molecule has 1 aliphatic rings. The quantitative estimate of drug-likeness (QED) is 0.795. The number of hydrogen-bond acceptors (Lipinski definition) is 2. The van der Waals surface area contributed by atoms with Crippen LogP contribution >= 0.6 is 0 Å². The van der Waals surface area contributed by atoms with Crippen LogP contribution in [0.1, 0.15) is 41.2 Å². The summed E-state index contributed by atoms with van der Waals surface area (Å²) in [6, 6.07) is 0. The normalized spacial score (nSPS) is 22.6. The van der Waals surface area contributed by atoms with Crippen molar-refractivity contribution in [2.45, 2.75) is 53.1 Å². The highest BCUT2D eigenvalue weighted by Gasteiger charge is 2.34. The van der Waals surface area contributed by atoms with Gasteiger partial charge >= 0.3 is 0 Å². The molecule has 0 amide bonds. The second kappa shape index (κ2) is 4.58. The van der Waals surface area contributed by atoms with Gasteiger partial charge in [-0.15, -0.1) is 0 Å².